The number of nitrogens with one attached hydrogen (secondary N) is 1. The van der Waals surface area contributed by atoms with Gasteiger partial charge in [-0.2, -0.15) is 10.2 Å². The number of hydrogen-bond donors (Lipinski definition) is 1. The molecular weight excluding hydrogens is 349 g/mol. The monoisotopic (exact) mass is 363 g/mol. The van der Waals surface area contributed by atoms with E-state index in [1.54, 1.807) is 47.1 Å². The molecule has 3 aromatic rings. The SMILES string of the molecule is CN(Cc1ccnn1C)C(=O)c1cc(-c2ccc(Cl)cc2Cl)n[nH]1. The van der Waals surface area contributed by atoms with E-state index in [4.69, 9.17) is 23.2 Å². The van der Waals surface area contributed by atoms with Crippen molar-refractivity contribution in [2.75, 3.05) is 7.05 Å². The lowest BCUT2D eigenvalue weighted by atomic mass is 10.1. The molecule has 0 saturated carbocycles. The number of aryl methyl sites for hydroxylation is 1. The molecule has 0 bridgehead atoms. The largest absolute Gasteiger partial charge is 0.335 e. The Kier molecular flexibility index (Phi) is 4.59. The van der Waals surface area contributed by atoms with Crippen LogP contribution in [0.5, 0.6) is 0 Å². The summed E-state index contributed by atoms with van der Waals surface area (Å²) < 4.78 is 1.73. The van der Waals surface area contributed by atoms with Gasteiger partial charge in [-0.15, -0.1) is 0 Å². The van der Waals surface area contributed by atoms with Crippen molar-refractivity contribution < 1.29 is 4.79 Å². The van der Waals surface area contributed by atoms with Gasteiger partial charge in [-0.05, 0) is 30.3 Å². The van der Waals surface area contributed by atoms with Gasteiger partial charge in [0.25, 0.3) is 5.91 Å². The molecule has 8 heteroatoms. The third-order valence-corrected chi connectivity index (χ3v) is 4.23. The van der Waals surface area contributed by atoms with Crippen LogP contribution in [0.1, 0.15) is 16.2 Å². The first-order valence-electron chi connectivity index (χ1n) is 7.19. The standard InChI is InChI=1S/C16H15Cl2N5O/c1-22(9-11-5-6-19-23(11)2)16(24)15-8-14(20-21-15)12-4-3-10(17)7-13(12)18/h3-8H,9H2,1-2H3,(H,20,21). The molecule has 0 atom stereocenters. The molecule has 2 aromatic heterocycles. The minimum atomic E-state index is -0.167. The highest BCUT2D eigenvalue weighted by Gasteiger charge is 2.17. The Labute approximate surface area is 149 Å². The molecule has 0 radical (unpaired) electrons. The van der Waals surface area contributed by atoms with Crippen molar-refractivity contribution >= 4 is 29.1 Å². The average molecular weight is 364 g/mol. The molecule has 1 aromatic carbocycles. The molecule has 0 aliphatic heterocycles. The first-order chi connectivity index (χ1) is 11.5. The topological polar surface area (TPSA) is 66.8 Å². The van der Waals surface area contributed by atoms with Gasteiger partial charge in [0.1, 0.15) is 5.69 Å². The molecule has 124 valence electrons. The van der Waals surface area contributed by atoms with Crippen LogP contribution in [0.2, 0.25) is 10.0 Å². The molecule has 0 aliphatic rings. The van der Waals surface area contributed by atoms with Crippen molar-refractivity contribution in [2.24, 2.45) is 7.05 Å². The normalized spacial score (nSPS) is 10.8. The van der Waals surface area contributed by atoms with Crippen LogP contribution >= 0.6 is 23.2 Å². The summed E-state index contributed by atoms with van der Waals surface area (Å²) in [5.74, 6) is -0.167. The van der Waals surface area contributed by atoms with Crippen molar-refractivity contribution in [1.29, 1.82) is 0 Å². The second-order valence-corrected chi connectivity index (χ2v) is 6.24. The number of rotatable bonds is 4. The third-order valence-electron chi connectivity index (χ3n) is 3.68. The van der Waals surface area contributed by atoms with Gasteiger partial charge in [0.15, 0.2) is 0 Å². The zero-order valence-electron chi connectivity index (χ0n) is 13.1. The van der Waals surface area contributed by atoms with Gasteiger partial charge in [-0.25, -0.2) is 0 Å². The van der Waals surface area contributed by atoms with E-state index in [9.17, 15) is 4.79 Å². The van der Waals surface area contributed by atoms with Crippen molar-refractivity contribution in [3.05, 3.63) is 58.0 Å². The number of benzene rings is 1. The van der Waals surface area contributed by atoms with Crippen molar-refractivity contribution in [2.45, 2.75) is 6.54 Å². The number of hydrogen-bond acceptors (Lipinski definition) is 3. The molecule has 0 saturated heterocycles. The molecule has 2 heterocycles. The second kappa shape index (κ2) is 6.67. The van der Waals surface area contributed by atoms with Crippen LogP contribution in [0.3, 0.4) is 0 Å². The molecule has 0 aliphatic carbocycles. The van der Waals surface area contributed by atoms with Crippen LogP contribution in [0.25, 0.3) is 11.3 Å². The molecule has 6 nitrogen and oxygen atoms in total. The van der Waals surface area contributed by atoms with Gasteiger partial charge in [0.2, 0.25) is 0 Å². The number of H-pyrrole nitrogens is 1. The molecule has 24 heavy (non-hydrogen) atoms. The van der Waals surface area contributed by atoms with E-state index >= 15 is 0 Å². The maximum atomic E-state index is 12.5. The lowest BCUT2D eigenvalue weighted by molar-refractivity contribution is 0.0776. The van der Waals surface area contributed by atoms with E-state index in [-0.39, 0.29) is 5.91 Å². The fourth-order valence-corrected chi connectivity index (χ4v) is 2.85. The first kappa shape index (κ1) is 16.5. The quantitative estimate of drug-likeness (QED) is 0.772. The Bertz CT molecular complexity index is 886. The van der Waals surface area contributed by atoms with Crippen LogP contribution in [0.4, 0.5) is 0 Å². The predicted molar refractivity (Wildman–Crippen MR) is 93.0 cm³/mol. The minimum Gasteiger partial charge on any atom is -0.335 e. The minimum absolute atomic E-state index is 0.167. The van der Waals surface area contributed by atoms with Gasteiger partial charge in [0, 0.05) is 30.9 Å². The molecular formula is C16H15Cl2N5O. The Morgan fingerprint density at radius 2 is 2.08 bits per heavy atom. The van der Waals surface area contributed by atoms with Crippen molar-refractivity contribution in [3.8, 4) is 11.3 Å². The highest BCUT2D eigenvalue weighted by Crippen LogP contribution is 2.29. The maximum Gasteiger partial charge on any atom is 0.271 e. The van der Waals surface area contributed by atoms with Gasteiger partial charge in [0.05, 0.1) is 23.0 Å². The first-order valence-corrected chi connectivity index (χ1v) is 7.94. The molecule has 0 unspecified atom stereocenters. The van der Waals surface area contributed by atoms with Gasteiger partial charge in [-0.3, -0.25) is 14.6 Å². The highest BCUT2D eigenvalue weighted by molar-refractivity contribution is 6.36. The van der Waals surface area contributed by atoms with E-state index in [1.165, 1.54) is 0 Å². The number of carbonyl (C=O) groups is 1. The number of halogens is 2. The number of amides is 1. The lowest BCUT2D eigenvalue weighted by Gasteiger charge is -2.15. The number of aromatic nitrogens is 4. The predicted octanol–water partition coefficient (Wildman–Crippen LogP) is 3.39. The highest BCUT2D eigenvalue weighted by atomic mass is 35.5. The zero-order valence-corrected chi connectivity index (χ0v) is 14.6. The lowest BCUT2D eigenvalue weighted by Crippen LogP contribution is -2.27. The maximum absolute atomic E-state index is 12.5. The summed E-state index contributed by atoms with van der Waals surface area (Å²) in [7, 11) is 3.57. The summed E-state index contributed by atoms with van der Waals surface area (Å²) in [6.07, 6.45) is 1.70. The average Bonchev–Trinajstić information content (AvgIpc) is 3.16. The van der Waals surface area contributed by atoms with Crippen molar-refractivity contribution in [1.82, 2.24) is 24.9 Å². The van der Waals surface area contributed by atoms with Crippen LogP contribution in [0.15, 0.2) is 36.5 Å². The summed E-state index contributed by atoms with van der Waals surface area (Å²) in [6.45, 7) is 0.450. The second-order valence-electron chi connectivity index (χ2n) is 5.40. The molecule has 0 fully saturated rings. The Morgan fingerprint density at radius 3 is 2.75 bits per heavy atom. The van der Waals surface area contributed by atoms with Crippen LogP contribution < -0.4 is 0 Å². The van der Waals surface area contributed by atoms with Crippen LogP contribution in [-0.2, 0) is 13.6 Å². The van der Waals surface area contributed by atoms with E-state index in [1.807, 2.05) is 13.1 Å². The van der Waals surface area contributed by atoms with Gasteiger partial charge < -0.3 is 4.90 Å². The summed E-state index contributed by atoms with van der Waals surface area (Å²) >= 11 is 12.1. The Morgan fingerprint density at radius 1 is 1.29 bits per heavy atom. The van der Waals surface area contributed by atoms with E-state index in [0.29, 0.717) is 33.5 Å². The fourth-order valence-electron chi connectivity index (χ4n) is 2.34. The van der Waals surface area contributed by atoms with Crippen LogP contribution in [-0.4, -0.2) is 37.8 Å². The van der Waals surface area contributed by atoms with Crippen molar-refractivity contribution in [3.63, 3.8) is 0 Å². The van der Waals surface area contributed by atoms with E-state index < -0.39 is 0 Å². The summed E-state index contributed by atoms with van der Waals surface area (Å²) in [5.41, 5.74) is 2.63. The van der Waals surface area contributed by atoms with E-state index in [2.05, 4.69) is 15.3 Å². The summed E-state index contributed by atoms with van der Waals surface area (Å²) in [5, 5.41) is 12.1. The molecule has 3 rings (SSSR count). The summed E-state index contributed by atoms with van der Waals surface area (Å²) in [6, 6.07) is 8.69. The Balaban J connectivity index is 1.79. The van der Waals surface area contributed by atoms with E-state index in [0.717, 1.165) is 5.69 Å². The fraction of sp³-hybridized carbons (Fsp3) is 0.188. The van der Waals surface area contributed by atoms with Gasteiger partial charge in [-0.1, -0.05) is 23.2 Å². The smallest absolute Gasteiger partial charge is 0.271 e. The summed E-state index contributed by atoms with van der Waals surface area (Å²) in [4.78, 5) is 14.1. The Hall–Kier alpha value is -2.31. The molecule has 1 amide bonds. The van der Waals surface area contributed by atoms with Gasteiger partial charge >= 0.3 is 0 Å². The number of aromatic amines is 1. The number of nitrogens with zero attached hydrogens (tertiary/aromatic N) is 4. The van der Waals surface area contributed by atoms with Crippen LogP contribution in [0, 0.1) is 0 Å². The number of carbonyl (C=O) groups excluding carboxylic acids is 1. The third kappa shape index (κ3) is 3.29. The zero-order chi connectivity index (χ0) is 17.3. The molecule has 0 spiro atoms. The molecule has 1 N–H and O–H groups in total.